The zero-order valence-electron chi connectivity index (χ0n) is 8.20. The molecule has 0 bridgehead atoms. The van der Waals surface area contributed by atoms with Gasteiger partial charge in [0.2, 0.25) is 5.95 Å². The molecule has 14 heavy (non-hydrogen) atoms. The van der Waals surface area contributed by atoms with Gasteiger partial charge in [-0.1, -0.05) is 12.1 Å². The highest BCUT2D eigenvalue weighted by molar-refractivity contribution is 5.78. The summed E-state index contributed by atoms with van der Waals surface area (Å²) in [5.74, 6) is 0.645. The molecule has 1 saturated carbocycles. The van der Waals surface area contributed by atoms with E-state index in [1.165, 1.54) is 12.8 Å². The van der Waals surface area contributed by atoms with Gasteiger partial charge in [-0.2, -0.15) is 0 Å². The molecule has 72 valence electrons. The fraction of sp³-hybridized carbons (Fsp3) is 0.364. The molecule has 3 heteroatoms. The summed E-state index contributed by atoms with van der Waals surface area (Å²) in [6.07, 6.45) is 2.41. The fourth-order valence-corrected chi connectivity index (χ4v) is 2.02. The lowest BCUT2D eigenvalue weighted by Crippen LogP contribution is -2.14. The molecule has 1 aromatic carbocycles. The highest BCUT2D eigenvalue weighted by atomic mass is 15.2. The van der Waals surface area contributed by atoms with E-state index in [0.717, 1.165) is 11.0 Å². The van der Waals surface area contributed by atoms with Gasteiger partial charge in [-0.15, -0.1) is 0 Å². The molecule has 0 unspecified atom stereocenters. The number of nitrogens with two attached hydrogens (primary N) is 1. The van der Waals surface area contributed by atoms with Crippen molar-refractivity contribution in [2.24, 2.45) is 0 Å². The molecule has 0 spiro atoms. The standard InChI is InChI=1S/C11H13N3/c1-11(6-7-11)14-9-5-3-2-4-8(9)13-10(14)12/h2-5H,6-7H2,1H3,(H2,12,13). The molecule has 0 atom stereocenters. The summed E-state index contributed by atoms with van der Waals surface area (Å²) in [4.78, 5) is 4.36. The smallest absolute Gasteiger partial charge is 0.201 e. The zero-order chi connectivity index (χ0) is 9.76. The second-order valence-electron chi connectivity index (χ2n) is 4.29. The van der Waals surface area contributed by atoms with Gasteiger partial charge in [-0.25, -0.2) is 4.98 Å². The van der Waals surface area contributed by atoms with Crippen LogP contribution in [0.2, 0.25) is 0 Å². The van der Waals surface area contributed by atoms with E-state index in [1.54, 1.807) is 0 Å². The van der Waals surface area contributed by atoms with Crippen molar-refractivity contribution in [3.8, 4) is 0 Å². The number of anilines is 1. The van der Waals surface area contributed by atoms with Crippen LogP contribution < -0.4 is 5.73 Å². The first-order chi connectivity index (χ1) is 6.71. The van der Waals surface area contributed by atoms with Gasteiger partial charge in [-0.3, -0.25) is 0 Å². The number of para-hydroxylation sites is 2. The van der Waals surface area contributed by atoms with Crippen molar-refractivity contribution in [3.63, 3.8) is 0 Å². The Balaban J connectivity index is 2.36. The van der Waals surface area contributed by atoms with E-state index in [-0.39, 0.29) is 5.54 Å². The first-order valence-corrected chi connectivity index (χ1v) is 4.94. The predicted molar refractivity (Wildman–Crippen MR) is 57.0 cm³/mol. The number of hydrogen-bond acceptors (Lipinski definition) is 2. The van der Waals surface area contributed by atoms with Gasteiger partial charge in [0.15, 0.2) is 0 Å². The molecule has 0 amide bonds. The summed E-state index contributed by atoms with van der Waals surface area (Å²) in [5.41, 5.74) is 8.31. The van der Waals surface area contributed by atoms with Gasteiger partial charge in [0.1, 0.15) is 0 Å². The summed E-state index contributed by atoms with van der Waals surface area (Å²) >= 11 is 0. The topological polar surface area (TPSA) is 43.8 Å². The summed E-state index contributed by atoms with van der Waals surface area (Å²) in [6, 6.07) is 8.12. The zero-order valence-corrected chi connectivity index (χ0v) is 8.20. The van der Waals surface area contributed by atoms with Crippen LogP contribution in [-0.4, -0.2) is 9.55 Å². The van der Waals surface area contributed by atoms with Crippen LogP contribution in [0.4, 0.5) is 5.95 Å². The maximum atomic E-state index is 5.93. The molecule has 2 N–H and O–H groups in total. The SMILES string of the molecule is CC1(n2c(N)nc3ccccc32)CC1. The third-order valence-electron chi connectivity index (χ3n) is 3.10. The van der Waals surface area contributed by atoms with Crippen LogP contribution >= 0.6 is 0 Å². The number of nitrogens with zero attached hydrogens (tertiary/aromatic N) is 2. The van der Waals surface area contributed by atoms with E-state index >= 15 is 0 Å². The highest BCUT2D eigenvalue weighted by Gasteiger charge is 2.41. The first kappa shape index (κ1) is 7.85. The maximum absolute atomic E-state index is 5.93. The van der Waals surface area contributed by atoms with E-state index < -0.39 is 0 Å². The number of nitrogen functional groups attached to an aromatic ring is 1. The van der Waals surface area contributed by atoms with Crippen molar-refractivity contribution in [1.82, 2.24) is 9.55 Å². The van der Waals surface area contributed by atoms with Crippen LogP contribution in [0, 0.1) is 0 Å². The normalized spacial score (nSPS) is 18.6. The molecule has 1 aliphatic rings. The average Bonchev–Trinajstić information content (AvgIpc) is 2.79. The van der Waals surface area contributed by atoms with Gasteiger partial charge in [0.25, 0.3) is 0 Å². The molecule has 1 aliphatic carbocycles. The lowest BCUT2D eigenvalue weighted by atomic mass is 10.2. The Labute approximate surface area is 82.5 Å². The third-order valence-corrected chi connectivity index (χ3v) is 3.10. The fourth-order valence-electron chi connectivity index (χ4n) is 2.02. The maximum Gasteiger partial charge on any atom is 0.201 e. The molecular formula is C11H13N3. The number of aromatic nitrogens is 2. The van der Waals surface area contributed by atoms with Crippen LogP contribution in [0.3, 0.4) is 0 Å². The largest absolute Gasteiger partial charge is 0.369 e. The number of hydrogen-bond donors (Lipinski definition) is 1. The van der Waals surface area contributed by atoms with Crippen LogP contribution in [0.25, 0.3) is 11.0 Å². The summed E-state index contributed by atoms with van der Waals surface area (Å²) < 4.78 is 2.17. The Hall–Kier alpha value is -1.51. The Morgan fingerprint density at radius 1 is 1.36 bits per heavy atom. The molecule has 0 saturated heterocycles. The van der Waals surface area contributed by atoms with E-state index in [1.807, 2.05) is 18.2 Å². The number of imidazole rings is 1. The second kappa shape index (κ2) is 2.29. The van der Waals surface area contributed by atoms with Crippen molar-refractivity contribution in [2.75, 3.05) is 5.73 Å². The predicted octanol–water partition coefficient (Wildman–Crippen LogP) is 2.13. The van der Waals surface area contributed by atoms with Crippen LogP contribution in [0.1, 0.15) is 19.8 Å². The van der Waals surface area contributed by atoms with E-state index in [2.05, 4.69) is 22.5 Å². The number of fused-ring (bicyclic) bond motifs is 1. The van der Waals surface area contributed by atoms with Gasteiger partial charge >= 0.3 is 0 Å². The van der Waals surface area contributed by atoms with Crippen molar-refractivity contribution in [3.05, 3.63) is 24.3 Å². The second-order valence-corrected chi connectivity index (χ2v) is 4.29. The minimum Gasteiger partial charge on any atom is -0.369 e. The van der Waals surface area contributed by atoms with E-state index in [9.17, 15) is 0 Å². The van der Waals surface area contributed by atoms with Crippen molar-refractivity contribution >= 4 is 17.0 Å². The average molecular weight is 187 g/mol. The quantitative estimate of drug-likeness (QED) is 0.743. The van der Waals surface area contributed by atoms with E-state index in [4.69, 9.17) is 5.73 Å². The van der Waals surface area contributed by atoms with Crippen molar-refractivity contribution < 1.29 is 0 Å². The Kier molecular flexibility index (Phi) is 1.29. The van der Waals surface area contributed by atoms with Crippen LogP contribution in [0.15, 0.2) is 24.3 Å². The lowest BCUT2D eigenvalue weighted by molar-refractivity contribution is 0.557. The molecule has 1 fully saturated rings. The van der Waals surface area contributed by atoms with Gasteiger partial charge in [0, 0.05) is 5.54 Å². The first-order valence-electron chi connectivity index (χ1n) is 4.94. The lowest BCUT2D eigenvalue weighted by Gasteiger charge is -2.13. The van der Waals surface area contributed by atoms with Gasteiger partial charge in [0.05, 0.1) is 11.0 Å². The molecule has 3 nitrogen and oxygen atoms in total. The third kappa shape index (κ3) is 0.895. The van der Waals surface area contributed by atoms with E-state index in [0.29, 0.717) is 5.95 Å². The Morgan fingerprint density at radius 2 is 2.07 bits per heavy atom. The molecule has 0 aliphatic heterocycles. The highest BCUT2D eigenvalue weighted by Crippen LogP contribution is 2.46. The van der Waals surface area contributed by atoms with Crippen molar-refractivity contribution in [1.29, 1.82) is 0 Å². The van der Waals surface area contributed by atoms with Crippen LogP contribution in [0.5, 0.6) is 0 Å². The summed E-state index contributed by atoms with van der Waals surface area (Å²) in [6.45, 7) is 2.23. The monoisotopic (exact) mass is 187 g/mol. The molecule has 0 radical (unpaired) electrons. The van der Waals surface area contributed by atoms with Gasteiger partial charge < -0.3 is 10.3 Å². The molecule has 1 aromatic heterocycles. The summed E-state index contributed by atoms with van der Waals surface area (Å²) in [7, 11) is 0. The Morgan fingerprint density at radius 3 is 2.79 bits per heavy atom. The summed E-state index contributed by atoms with van der Waals surface area (Å²) in [5, 5.41) is 0. The molecule has 3 rings (SSSR count). The van der Waals surface area contributed by atoms with Crippen LogP contribution in [-0.2, 0) is 5.54 Å². The Bertz CT molecular complexity index is 494. The number of rotatable bonds is 1. The molecular weight excluding hydrogens is 174 g/mol. The van der Waals surface area contributed by atoms with Crippen molar-refractivity contribution in [2.45, 2.75) is 25.3 Å². The van der Waals surface area contributed by atoms with Gasteiger partial charge in [-0.05, 0) is 31.9 Å². The minimum absolute atomic E-state index is 0.222. The number of benzene rings is 1. The molecule has 2 aromatic rings. The minimum atomic E-state index is 0.222. The molecule has 1 heterocycles.